The average molecular weight is 425 g/mol. The minimum Gasteiger partial charge on any atom is -0.342 e. The summed E-state index contributed by atoms with van der Waals surface area (Å²) in [4.78, 5) is 30.9. The molecule has 0 aromatic carbocycles. The van der Waals surface area contributed by atoms with Crippen LogP contribution in [0.4, 0.5) is 0 Å². The molecule has 0 saturated carbocycles. The van der Waals surface area contributed by atoms with E-state index in [2.05, 4.69) is 17.1 Å². The van der Waals surface area contributed by atoms with E-state index in [1.807, 2.05) is 23.6 Å². The van der Waals surface area contributed by atoms with Crippen LogP contribution >= 0.6 is 24.8 Å². The summed E-state index contributed by atoms with van der Waals surface area (Å²) in [5.74, 6) is 1.64. The van der Waals surface area contributed by atoms with E-state index >= 15 is 0 Å². The van der Waals surface area contributed by atoms with E-state index in [4.69, 9.17) is 0 Å². The molecule has 0 radical (unpaired) electrons. The molecule has 0 bridgehead atoms. The molecule has 2 aliphatic heterocycles. The molecule has 160 valence electrons. The Morgan fingerprint density at radius 1 is 1.04 bits per heavy atom. The lowest BCUT2D eigenvalue weighted by Gasteiger charge is -2.36. The fraction of sp³-hybridized carbons (Fsp3) is 0.895. The Morgan fingerprint density at radius 2 is 1.59 bits per heavy atom. The summed E-state index contributed by atoms with van der Waals surface area (Å²) < 4.78 is 0. The zero-order chi connectivity index (χ0) is 18.2. The van der Waals surface area contributed by atoms with Crippen LogP contribution in [0.2, 0.25) is 0 Å². The van der Waals surface area contributed by atoms with Gasteiger partial charge in [0.25, 0.3) is 0 Å². The molecular formula is C19H38Cl2N4O2. The molecule has 2 rings (SSSR count). The molecule has 27 heavy (non-hydrogen) atoms. The number of hydrogen-bond acceptors (Lipinski definition) is 4. The van der Waals surface area contributed by atoms with Crippen molar-refractivity contribution in [1.82, 2.24) is 20.0 Å². The molecule has 6 nitrogen and oxygen atoms in total. The molecule has 2 saturated heterocycles. The lowest BCUT2D eigenvalue weighted by molar-refractivity contribution is -0.135. The van der Waals surface area contributed by atoms with E-state index in [-0.39, 0.29) is 30.7 Å². The van der Waals surface area contributed by atoms with Crippen molar-refractivity contribution in [1.29, 1.82) is 0 Å². The number of piperidine rings is 1. The van der Waals surface area contributed by atoms with Crippen molar-refractivity contribution in [3.8, 4) is 0 Å². The van der Waals surface area contributed by atoms with Crippen LogP contribution in [0.15, 0.2) is 0 Å². The number of nitrogens with zero attached hydrogens (tertiary/aromatic N) is 3. The van der Waals surface area contributed by atoms with Gasteiger partial charge in [-0.3, -0.25) is 14.5 Å². The third-order valence-corrected chi connectivity index (χ3v) is 5.89. The first kappa shape index (κ1) is 26.4. The van der Waals surface area contributed by atoms with Crippen molar-refractivity contribution >= 4 is 36.6 Å². The summed E-state index contributed by atoms with van der Waals surface area (Å²) in [5, 5.41) is 3.39. The van der Waals surface area contributed by atoms with Crippen molar-refractivity contribution < 1.29 is 9.59 Å². The molecule has 0 aromatic rings. The molecule has 1 atom stereocenters. The predicted molar refractivity (Wildman–Crippen MR) is 115 cm³/mol. The molecule has 2 fully saturated rings. The van der Waals surface area contributed by atoms with E-state index in [0.29, 0.717) is 30.7 Å². The maximum absolute atomic E-state index is 12.6. The van der Waals surface area contributed by atoms with E-state index in [0.717, 1.165) is 52.4 Å². The Bertz CT molecular complexity index is 435. The van der Waals surface area contributed by atoms with Gasteiger partial charge in [0.2, 0.25) is 11.8 Å². The van der Waals surface area contributed by atoms with Gasteiger partial charge in [0, 0.05) is 45.7 Å². The van der Waals surface area contributed by atoms with E-state index in [1.54, 1.807) is 0 Å². The van der Waals surface area contributed by atoms with Gasteiger partial charge < -0.3 is 15.1 Å². The largest absolute Gasteiger partial charge is 0.342 e. The molecule has 0 aliphatic carbocycles. The Labute approximate surface area is 177 Å². The van der Waals surface area contributed by atoms with Crippen molar-refractivity contribution in [2.75, 3.05) is 58.9 Å². The Kier molecular flexibility index (Phi) is 13.3. The van der Waals surface area contributed by atoms with E-state index < -0.39 is 0 Å². The van der Waals surface area contributed by atoms with Crippen LogP contribution in [-0.2, 0) is 9.59 Å². The summed E-state index contributed by atoms with van der Waals surface area (Å²) in [6, 6.07) is 0. The van der Waals surface area contributed by atoms with E-state index in [9.17, 15) is 9.59 Å². The van der Waals surface area contributed by atoms with Gasteiger partial charge in [0.15, 0.2) is 0 Å². The number of hydrogen-bond donors (Lipinski definition) is 1. The third-order valence-electron chi connectivity index (χ3n) is 5.89. The molecule has 0 spiro atoms. The smallest absolute Gasteiger partial charge is 0.236 e. The van der Waals surface area contributed by atoms with Crippen molar-refractivity contribution in [3.05, 3.63) is 0 Å². The molecule has 0 aromatic heterocycles. The quantitative estimate of drug-likeness (QED) is 0.677. The number of rotatable bonds is 7. The maximum atomic E-state index is 12.6. The molecule has 1 N–H and O–H groups in total. The van der Waals surface area contributed by atoms with Crippen LogP contribution in [0.25, 0.3) is 0 Å². The first-order chi connectivity index (χ1) is 12.0. The first-order valence-electron chi connectivity index (χ1n) is 10.0. The highest BCUT2D eigenvalue weighted by molar-refractivity contribution is 5.85. The van der Waals surface area contributed by atoms with Crippen LogP contribution < -0.4 is 5.32 Å². The molecule has 2 amide bonds. The summed E-state index contributed by atoms with van der Waals surface area (Å²) in [7, 11) is 0. The van der Waals surface area contributed by atoms with E-state index in [1.165, 1.54) is 12.8 Å². The Hall–Kier alpha value is -0.560. The van der Waals surface area contributed by atoms with Gasteiger partial charge in [-0.2, -0.15) is 0 Å². The highest BCUT2D eigenvalue weighted by Gasteiger charge is 2.27. The van der Waals surface area contributed by atoms with Crippen molar-refractivity contribution in [3.63, 3.8) is 0 Å². The number of carbonyl (C=O) groups is 2. The number of halogens is 2. The van der Waals surface area contributed by atoms with Crippen LogP contribution in [0.3, 0.4) is 0 Å². The second-order valence-corrected chi connectivity index (χ2v) is 7.49. The monoisotopic (exact) mass is 424 g/mol. The van der Waals surface area contributed by atoms with Crippen molar-refractivity contribution in [2.24, 2.45) is 11.8 Å². The number of amides is 2. The van der Waals surface area contributed by atoms with Crippen LogP contribution in [0, 0.1) is 11.8 Å². The van der Waals surface area contributed by atoms with Gasteiger partial charge in [-0.05, 0) is 51.6 Å². The molecule has 2 aliphatic rings. The average Bonchev–Trinajstić information content (AvgIpc) is 2.64. The topological polar surface area (TPSA) is 55.9 Å². The summed E-state index contributed by atoms with van der Waals surface area (Å²) in [6.07, 6.45) is 3.05. The maximum Gasteiger partial charge on any atom is 0.236 e. The first-order valence-corrected chi connectivity index (χ1v) is 10.0. The zero-order valence-electron chi connectivity index (χ0n) is 17.1. The Morgan fingerprint density at radius 3 is 2.11 bits per heavy atom. The summed E-state index contributed by atoms with van der Waals surface area (Å²) in [5.41, 5.74) is 0. The highest BCUT2D eigenvalue weighted by atomic mass is 35.5. The third kappa shape index (κ3) is 8.14. The molecular weight excluding hydrogens is 387 g/mol. The second kappa shape index (κ2) is 13.6. The van der Waals surface area contributed by atoms with Crippen LogP contribution in [-0.4, -0.2) is 85.4 Å². The minimum atomic E-state index is 0. The summed E-state index contributed by atoms with van der Waals surface area (Å²) in [6.45, 7) is 13.6. The number of piperazine rings is 1. The molecule has 8 heteroatoms. The second-order valence-electron chi connectivity index (χ2n) is 7.49. The lowest BCUT2D eigenvalue weighted by atomic mass is 9.84. The van der Waals surface area contributed by atoms with Gasteiger partial charge in [-0.15, -0.1) is 24.8 Å². The van der Waals surface area contributed by atoms with Crippen molar-refractivity contribution in [2.45, 2.75) is 40.0 Å². The fourth-order valence-corrected chi connectivity index (χ4v) is 4.01. The van der Waals surface area contributed by atoms with Gasteiger partial charge in [0.1, 0.15) is 0 Å². The predicted octanol–water partition coefficient (Wildman–Crippen LogP) is 1.87. The highest BCUT2D eigenvalue weighted by Crippen LogP contribution is 2.25. The van der Waals surface area contributed by atoms with Crippen LogP contribution in [0.1, 0.15) is 40.0 Å². The number of carbonyl (C=O) groups excluding carboxylic acids is 2. The van der Waals surface area contributed by atoms with Gasteiger partial charge in [-0.1, -0.05) is 6.92 Å². The molecule has 2 heterocycles. The zero-order valence-corrected chi connectivity index (χ0v) is 18.7. The minimum absolute atomic E-state index is 0. The van der Waals surface area contributed by atoms with Crippen LogP contribution in [0.5, 0.6) is 0 Å². The fourth-order valence-electron chi connectivity index (χ4n) is 4.01. The summed E-state index contributed by atoms with van der Waals surface area (Å²) >= 11 is 0. The van der Waals surface area contributed by atoms with Gasteiger partial charge in [-0.25, -0.2) is 0 Å². The number of likely N-dealkylation sites (N-methyl/N-ethyl adjacent to an activating group) is 1. The normalized spacial score (nSPS) is 19.6. The Balaban J connectivity index is 0.00000338. The standard InChI is InChI=1S/C19H36N4O2.2ClH/c1-4-22(5-2)19(25)15-21-10-12-23(13-11-21)18(24)14-16(3)17-6-8-20-9-7-17;;/h16-17,20H,4-15H2,1-3H3;2*1H. The van der Waals surface area contributed by atoms with Gasteiger partial charge >= 0.3 is 0 Å². The number of nitrogens with one attached hydrogen (secondary N) is 1. The lowest BCUT2D eigenvalue weighted by Crippen LogP contribution is -2.51. The van der Waals surface area contributed by atoms with Gasteiger partial charge in [0.05, 0.1) is 6.54 Å². The molecule has 1 unspecified atom stereocenters. The SMILES string of the molecule is CCN(CC)C(=O)CN1CCN(C(=O)CC(C)C2CCNCC2)CC1.Cl.Cl.